The summed E-state index contributed by atoms with van der Waals surface area (Å²) in [7, 11) is 0. The molecule has 0 fully saturated rings. The number of fused-ring (bicyclic) bond motifs is 1. The normalized spacial score (nSPS) is 15.8. The lowest BCUT2D eigenvalue weighted by atomic mass is 9.88. The highest BCUT2D eigenvalue weighted by molar-refractivity contribution is 5.87. The topological polar surface area (TPSA) is 67.8 Å². The van der Waals surface area contributed by atoms with Gasteiger partial charge in [0.2, 0.25) is 0 Å². The van der Waals surface area contributed by atoms with Gasteiger partial charge in [0.15, 0.2) is 0 Å². The molecule has 2 atom stereocenters. The molecular weight excluding hydrogens is 457 g/mol. The summed E-state index contributed by atoms with van der Waals surface area (Å²) in [6, 6.07) is 11.8. The molecule has 0 bridgehead atoms. The predicted molar refractivity (Wildman–Crippen MR) is 141 cm³/mol. The number of carbonyl (C=O) groups excluding carboxylic acids is 1. The number of nitrogens with one attached hydrogen (secondary N) is 1. The number of aliphatic hydroxyl groups is 1. The number of aliphatic hydroxyl groups excluding tert-OH is 1. The average Bonchev–Trinajstić information content (AvgIpc) is 3.23. The number of β-amino-alcohol motifs (C(OH)–C–C–N with tert-alkyl or cyclic N) is 1. The van der Waals surface area contributed by atoms with E-state index in [2.05, 4.69) is 43.4 Å². The van der Waals surface area contributed by atoms with E-state index < -0.39 is 18.2 Å². The minimum absolute atomic E-state index is 0.107. The van der Waals surface area contributed by atoms with Crippen molar-refractivity contribution in [1.29, 1.82) is 0 Å². The highest BCUT2D eigenvalue weighted by Crippen LogP contribution is 2.32. The molecule has 1 aliphatic carbocycles. The molecule has 196 valence electrons. The summed E-state index contributed by atoms with van der Waals surface area (Å²) in [5, 5.41) is 14.1. The first-order valence-corrected chi connectivity index (χ1v) is 12.8. The summed E-state index contributed by atoms with van der Waals surface area (Å²) in [4.78, 5) is 11.7. The molecule has 0 saturated heterocycles. The fourth-order valence-corrected chi connectivity index (χ4v) is 4.95. The van der Waals surface area contributed by atoms with Crippen molar-refractivity contribution in [2.75, 3.05) is 19.8 Å². The Hall–Kier alpha value is -2.54. The van der Waals surface area contributed by atoms with Gasteiger partial charge in [-0.3, -0.25) is 0 Å². The van der Waals surface area contributed by atoms with Gasteiger partial charge in [0.1, 0.15) is 5.82 Å². The number of benzene rings is 2. The van der Waals surface area contributed by atoms with Crippen molar-refractivity contribution >= 4 is 12.0 Å². The second kappa shape index (κ2) is 12.6. The molecular formula is C30H40FNO4. The molecule has 0 aliphatic heterocycles. The van der Waals surface area contributed by atoms with Crippen LogP contribution >= 0.6 is 0 Å². The maximum Gasteiger partial charge on any atom is 0.330 e. The van der Waals surface area contributed by atoms with Gasteiger partial charge in [-0.25, -0.2) is 9.18 Å². The summed E-state index contributed by atoms with van der Waals surface area (Å²) in [5.74, 6) is -0.202. The Bertz CT molecular complexity index is 1040. The minimum atomic E-state index is -0.707. The number of carbonyl (C=O) groups is 1. The summed E-state index contributed by atoms with van der Waals surface area (Å²) in [6.45, 7) is 10.4. The second-order valence-corrected chi connectivity index (χ2v) is 10.5. The third kappa shape index (κ3) is 7.99. The molecule has 0 saturated carbocycles. The zero-order valence-electron chi connectivity index (χ0n) is 22.1. The van der Waals surface area contributed by atoms with E-state index >= 15 is 0 Å². The molecule has 36 heavy (non-hydrogen) atoms. The highest BCUT2D eigenvalue weighted by Gasteiger charge is 2.28. The molecule has 3 rings (SSSR count). The first-order chi connectivity index (χ1) is 17.1. The van der Waals surface area contributed by atoms with Gasteiger partial charge < -0.3 is 19.9 Å². The van der Waals surface area contributed by atoms with Crippen LogP contribution in [0.3, 0.4) is 0 Å². The van der Waals surface area contributed by atoms with Gasteiger partial charge in [-0.05, 0) is 106 Å². The van der Waals surface area contributed by atoms with Gasteiger partial charge in [0, 0.05) is 18.2 Å². The summed E-state index contributed by atoms with van der Waals surface area (Å²) >= 11 is 0. The van der Waals surface area contributed by atoms with Crippen molar-refractivity contribution in [3.63, 3.8) is 0 Å². The number of hydrogen-bond acceptors (Lipinski definition) is 5. The maximum atomic E-state index is 14.3. The number of esters is 1. The van der Waals surface area contributed by atoms with Crippen LogP contribution in [0.1, 0.15) is 68.0 Å². The number of rotatable bonds is 12. The maximum absolute atomic E-state index is 14.3. The van der Waals surface area contributed by atoms with Crippen LogP contribution in [0.4, 0.5) is 4.39 Å². The second-order valence-electron chi connectivity index (χ2n) is 10.5. The lowest BCUT2D eigenvalue weighted by Crippen LogP contribution is -2.45. The molecule has 5 nitrogen and oxygen atoms in total. The molecule has 0 heterocycles. The Labute approximate surface area is 214 Å². The number of aryl methyl sites for hydroxylation is 1. The van der Waals surface area contributed by atoms with E-state index in [-0.39, 0.29) is 24.6 Å². The molecule has 0 unspecified atom stereocenters. The van der Waals surface area contributed by atoms with Crippen molar-refractivity contribution in [2.45, 2.75) is 71.6 Å². The predicted octanol–water partition coefficient (Wildman–Crippen LogP) is 5.32. The van der Waals surface area contributed by atoms with E-state index in [1.165, 1.54) is 23.3 Å². The van der Waals surface area contributed by atoms with E-state index in [0.29, 0.717) is 29.2 Å². The lowest BCUT2D eigenvalue weighted by molar-refractivity contribution is -0.137. The third-order valence-electron chi connectivity index (χ3n) is 6.78. The molecule has 2 aromatic carbocycles. The van der Waals surface area contributed by atoms with Crippen molar-refractivity contribution in [3.05, 3.63) is 76.1 Å². The Balaban J connectivity index is 1.51. The Morgan fingerprint density at radius 1 is 1.25 bits per heavy atom. The largest absolute Gasteiger partial charge is 0.463 e. The fourth-order valence-electron chi connectivity index (χ4n) is 4.95. The number of ether oxygens (including phenoxy) is 2. The van der Waals surface area contributed by atoms with Gasteiger partial charge in [0.25, 0.3) is 0 Å². The van der Waals surface area contributed by atoms with Gasteiger partial charge in [-0.2, -0.15) is 0 Å². The van der Waals surface area contributed by atoms with Crippen LogP contribution < -0.4 is 5.32 Å². The van der Waals surface area contributed by atoms with Crippen LogP contribution in [-0.2, 0) is 27.1 Å². The molecule has 2 aromatic rings. The zero-order chi connectivity index (χ0) is 26.3. The first kappa shape index (κ1) is 28.0. The van der Waals surface area contributed by atoms with E-state index in [4.69, 9.17) is 9.47 Å². The standard InChI is InChI=1S/C30H40FNO4/c1-6-35-29(34)12-11-25-13-20(2)28(31)16-27(25)21(3)36-19-26(33)18-32-30(4,5)17-22-14-23-9-7-8-10-24(23)15-22/h7-13,16,21-22,26,32-33H,6,14-15,17-19H2,1-5H3/t21-,26-/m1/s1. The molecule has 0 radical (unpaired) electrons. The summed E-state index contributed by atoms with van der Waals surface area (Å²) in [5.41, 5.74) is 4.55. The Morgan fingerprint density at radius 3 is 2.56 bits per heavy atom. The van der Waals surface area contributed by atoms with Crippen LogP contribution in [0.15, 0.2) is 42.5 Å². The minimum Gasteiger partial charge on any atom is -0.463 e. The Morgan fingerprint density at radius 2 is 1.92 bits per heavy atom. The highest BCUT2D eigenvalue weighted by atomic mass is 19.1. The summed E-state index contributed by atoms with van der Waals surface area (Å²) < 4.78 is 25.2. The van der Waals surface area contributed by atoms with Crippen LogP contribution in [-0.4, -0.2) is 42.5 Å². The molecule has 0 amide bonds. The average molecular weight is 498 g/mol. The number of hydrogen-bond donors (Lipinski definition) is 2. The van der Waals surface area contributed by atoms with E-state index in [1.54, 1.807) is 26.0 Å². The molecule has 0 spiro atoms. The van der Waals surface area contributed by atoms with Crippen LogP contribution in [0.5, 0.6) is 0 Å². The van der Waals surface area contributed by atoms with E-state index in [9.17, 15) is 14.3 Å². The number of halogens is 1. The molecule has 0 aromatic heterocycles. The smallest absolute Gasteiger partial charge is 0.330 e. The third-order valence-corrected chi connectivity index (χ3v) is 6.78. The van der Waals surface area contributed by atoms with Gasteiger partial charge in [-0.1, -0.05) is 24.3 Å². The molecule has 2 N–H and O–H groups in total. The summed E-state index contributed by atoms with van der Waals surface area (Å²) in [6.07, 6.45) is 4.99. The molecule has 6 heteroatoms. The van der Waals surface area contributed by atoms with E-state index in [0.717, 1.165) is 19.3 Å². The van der Waals surface area contributed by atoms with Gasteiger partial charge in [0.05, 0.1) is 25.4 Å². The van der Waals surface area contributed by atoms with Crippen molar-refractivity contribution in [3.8, 4) is 0 Å². The van der Waals surface area contributed by atoms with Gasteiger partial charge >= 0.3 is 5.97 Å². The van der Waals surface area contributed by atoms with Crippen LogP contribution in [0.2, 0.25) is 0 Å². The van der Waals surface area contributed by atoms with Crippen molar-refractivity contribution < 1.29 is 23.8 Å². The van der Waals surface area contributed by atoms with Crippen LogP contribution in [0.25, 0.3) is 6.08 Å². The van der Waals surface area contributed by atoms with E-state index in [1.807, 2.05) is 6.92 Å². The lowest BCUT2D eigenvalue weighted by Gasteiger charge is -2.31. The monoisotopic (exact) mass is 497 g/mol. The quantitative estimate of drug-likeness (QED) is 0.307. The van der Waals surface area contributed by atoms with Crippen LogP contribution in [0, 0.1) is 18.7 Å². The fraction of sp³-hybridized carbons (Fsp3) is 0.500. The zero-order valence-corrected chi connectivity index (χ0v) is 22.1. The van der Waals surface area contributed by atoms with Gasteiger partial charge in [-0.15, -0.1) is 0 Å². The Kier molecular flexibility index (Phi) is 9.83. The van der Waals surface area contributed by atoms with Crippen molar-refractivity contribution in [2.24, 2.45) is 5.92 Å². The van der Waals surface area contributed by atoms with Crippen molar-refractivity contribution in [1.82, 2.24) is 5.32 Å². The molecule has 1 aliphatic rings. The SMILES string of the molecule is CCOC(=O)C=Cc1cc(C)c(F)cc1[C@@H](C)OC[C@H](O)CNC(C)(C)CC1Cc2ccccc2C1. The first-order valence-electron chi connectivity index (χ1n) is 12.8.